The maximum atomic E-state index is 11.4. The van der Waals surface area contributed by atoms with Gasteiger partial charge >= 0.3 is 0 Å². The van der Waals surface area contributed by atoms with E-state index in [2.05, 4.69) is 21.7 Å². The topological polar surface area (TPSA) is 134 Å². The number of amides is 2. The molecule has 23 heavy (non-hydrogen) atoms. The lowest BCUT2D eigenvalue weighted by atomic mass is 10.1. The molecular weight excluding hydrogens is 300 g/mol. The normalized spacial score (nSPS) is 10.2. The molecule has 0 aromatic carbocycles. The highest BCUT2D eigenvalue weighted by molar-refractivity contribution is 5.81. The molecule has 0 saturated heterocycles. The van der Waals surface area contributed by atoms with Gasteiger partial charge in [0.05, 0.1) is 6.04 Å². The first-order chi connectivity index (χ1) is 10.9. The standard InChI is InChI=1S/C12H25N3O2.C2H4O2.CH5N/c1-4-7-11(16)15-9-6-5-8-10(13-2)12(17)14-3;1-2(3)4;1-2/h10,13H,4-9H2,1-3H3,(H,14,17)(H,15,16);1H3,(H,3,4);2H2,1H3/t10-;;/m0../s1. The van der Waals surface area contributed by atoms with Gasteiger partial charge in [-0.3, -0.25) is 14.4 Å². The minimum absolute atomic E-state index is 0.0162. The van der Waals surface area contributed by atoms with E-state index in [-0.39, 0.29) is 17.9 Å². The third-order valence-electron chi connectivity index (χ3n) is 2.63. The number of unbranched alkanes of at least 4 members (excludes halogenated alkanes) is 1. The Morgan fingerprint density at radius 1 is 1.13 bits per heavy atom. The average molecular weight is 334 g/mol. The van der Waals surface area contributed by atoms with Gasteiger partial charge in [0.1, 0.15) is 0 Å². The van der Waals surface area contributed by atoms with Crippen molar-refractivity contribution in [2.45, 2.75) is 52.0 Å². The van der Waals surface area contributed by atoms with E-state index in [0.717, 1.165) is 32.6 Å². The number of likely N-dealkylation sites (N-methyl/N-ethyl adjacent to an activating group) is 2. The predicted octanol–water partition coefficient (Wildman–Crippen LogP) is 0.0728. The van der Waals surface area contributed by atoms with E-state index in [1.165, 1.54) is 7.05 Å². The molecule has 6 N–H and O–H groups in total. The van der Waals surface area contributed by atoms with Crippen LogP contribution in [-0.4, -0.2) is 56.6 Å². The highest BCUT2D eigenvalue weighted by Gasteiger charge is 2.13. The van der Waals surface area contributed by atoms with Gasteiger partial charge in [-0.15, -0.1) is 0 Å². The van der Waals surface area contributed by atoms with E-state index in [0.29, 0.717) is 13.0 Å². The highest BCUT2D eigenvalue weighted by Crippen LogP contribution is 2.00. The summed E-state index contributed by atoms with van der Waals surface area (Å²) >= 11 is 0. The molecule has 0 heterocycles. The fraction of sp³-hybridized carbons (Fsp3) is 0.800. The van der Waals surface area contributed by atoms with Crippen LogP contribution in [0.3, 0.4) is 0 Å². The second-order valence-electron chi connectivity index (χ2n) is 4.57. The van der Waals surface area contributed by atoms with Crippen molar-refractivity contribution in [2.24, 2.45) is 5.73 Å². The summed E-state index contributed by atoms with van der Waals surface area (Å²) < 4.78 is 0. The van der Waals surface area contributed by atoms with Crippen LogP contribution in [0.4, 0.5) is 0 Å². The number of hydrogen-bond acceptors (Lipinski definition) is 5. The molecule has 2 amide bonds. The van der Waals surface area contributed by atoms with Crippen LogP contribution >= 0.6 is 0 Å². The van der Waals surface area contributed by atoms with E-state index < -0.39 is 5.97 Å². The van der Waals surface area contributed by atoms with Crippen LogP contribution in [0.25, 0.3) is 0 Å². The SMILES string of the molecule is CC(=O)O.CCCC(=O)NCCCC[C@H](NC)C(=O)NC.CN. The Morgan fingerprint density at radius 3 is 2.04 bits per heavy atom. The van der Waals surface area contributed by atoms with Gasteiger partial charge in [0, 0.05) is 26.9 Å². The molecule has 0 rings (SSSR count). The van der Waals surface area contributed by atoms with Crippen molar-refractivity contribution in [3.8, 4) is 0 Å². The van der Waals surface area contributed by atoms with Crippen LogP contribution in [-0.2, 0) is 14.4 Å². The number of carbonyl (C=O) groups is 3. The Bertz CT molecular complexity index is 308. The Labute approximate surface area is 139 Å². The van der Waals surface area contributed by atoms with Gasteiger partial charge in [0.25, 0.3) is 5.97 Å². The third kappa shape index (κ3) is 22.7. The second-order valence-corrected chi connectivity index (χ2v) is 4.57. The van der Waals surface area contributed by atoms with Gasteiger partial charge in [-0.1, -0.05) is 6.92 Å². The van der Waals surface area contributed by atoms with Crippen molar-refractivity contribution < 1.29 is 19.5 Å². The molecule has 0 aromatic heterocycles. The van der Waals surface area contributed by atoms with Crippen molar-refractivity contribution >= 4 is 17.8 Å². The van der Waals surface area contributed by atoms with Gasteiger partial charge in [0.2, 0.25) is 11.8 Å². The summed E-state index contributed by atoms with van der Waals surface area (Å²) in [7, 11) is 4.92. The molecule has 0 radical (unpaired) electrons. The summed E-state index contributed by atoms with van der Waals surface area (Å²) in [6, 6.07) is -0.133. The molecule has 8 heteroatoms. The zero-order chi connectivity index (χ0) is 18.7. The Hall–Kier alpha value is -1.67. The molecule has 1 atom stereocenters. The third-order valence-corrected chi connectivity index (χ3v) is 2.63. The van der Waals surface area contributed by atoms with Crippen molar-refractivity contribution in [2.75, 3.05) is 27.7 Å². The quantitative estimate of drug-likeness (QED) is 0.379. The zero-order valence-electron chi connectivity index (χ0n) is 15.1. The Kier molecular flexibility index (Phi) is 23.2. The average Bonchev–Trinajstić information content (AvgIpc) is 2.52. The molecule has 0 aliphatic heterocycles. The summed E-state index contributed by atoms with van der Waals surface area (Å²) in [5.41, 5.74) is 4.50. The number of rotatable bonds is 9. The summed E-state index contributed by atoms with van der Waals surface area (Å²) in [6.45, 7) is 3.77. The van der Waals surface area contributed by atoms with Gasteiger partial charge in [-0.2, -0.15) is 0 Å². The van der Waals surface area contributed by atoms with E-state index in [4.69, 9.17) is 9.90 Å². The van der Waals surface area contributed by atoms with Crippen LogP contribution in [0.5, 0.6) is 0 Å². The molecule has 0 spiro atoms. The lowest BCUT2D eigenvalue weighted by molar-refractivity contribution is -0.134. The number of carboxylic acid groups (broad SMARTS) is 1. The minimum atomic E-state index is -0.833. The number of carboxylic acids is 1. The maximum Gasteiger partial charge on any atom is 0.300 e. The van der Waals surface area contributed by atoms with Gasteiger partial charge < -0.3 is 26.8 Å². The van der Waals surface area contributed by atoms with Crippen molar-refractivity contribution in [3.63, 3.8) is 0 Å². The first-order valence-corrected chi connectivity index (χ1v) is 7.81. The number of nitrogens with two attached hydrogens (primary N) is 1. The first-order valence-electron chi connectivity index (χ1n) is 7.81. The molecule has 0 aliphatic carbocycles. The highest BCUT2D eigenvalue weighted by atomic mass is 16.4. The molecule has 0 saturated carbocycles. The molecule has 0 fully saturated rings. The summed E-state index contributed by atoms with van der Waals surface area (Å²) in [5.74, 6) is -0.702. The molecule has 0 aromatic rings. The summed E-state index contributed by atoms with van der Waals surface area (Å²) in [4.78, 5) is 31.5. The Balaban J connectivity index is -0.000000574. The second kappa shape index (κ2) is 20.3. The summed E-state index contributed by atoms with van der Waals surface area (Å²) in [5, 5.41) is 15.9. The number of carbonyl (C=O) groups excluding carboxylic acids is 2. The molecule has 138 valence electrons. The molecule has 0 aliphatic rings. The van der Waals surface area contributed by atoms with E-state index in [1.807, 2.05) is 6.92 Å². The first kappa shape index (κ1) is 26.2. The van der Waals surface area contributed by atoms with Crippen molar-refractivity contribution in [1.29, 1.82) is 0 Å². The molecular formula is C15H34N4O4. The van der Waals surface area contributed by atoms with E-state index in [9.17, 15) is 9.59 Å². The number of aliphatic carboxylic acids is 1. The van der Waals surface area contributed by atoms with Crippen LogP contribution in [0, 0.1) is 0 Å². The van der Waals surface area contributed by atoms with Crippen LogP contribution in [0.1, 0.15) is 46.0 Å². The lowest BCUT2D eigenvalue weighted by Gasteiger charge is -2.14. The summed E-state index contributed by atoms with van der Waals surface area (Å²) in [6.07, 6.45) is 4.09. The van der Waals surface area contributed by atoms with Crippen LogP contribution < -0.4 is 21.7 Å². The zero-order valence-corrected chi connectivity index (χ0v) is 15.1. The van der Waals surface area contributed by atoms with Gasteiger partial charge in [-0.05, 0) is 39.8 Å². The molecule has 8 nitrogen and oxygen atoms in total. The fourth-order valence-electron chi connectivity index (χ4n) is 1.60. The van der Waals surface area contributed by atoms with Crippen LogP contribution in [0.2, 0.25) is 0 Å². The minimum Gasteiger partial charge on any atom is -0.481 e. The van der Waals surface area contributed by atoms with Crippen LogP contribution in [0.15, 0.2) is 0 Å². The Morgan fingerprint density at radius 2 is 1.65 bits per heavy atom. The van der Waals surface area contributed by atoms with Crippen molar-refractivity contribution in [1.82, 2.24) is 16.0 Å². The lowest BCUT2D eigenvalue weighted by Crippen LogP contribution is -2.41. The maximum absolute atomic E-state index is 11.4. The number of nitrogens with one attached hydrogen (secondary N) is 3. The predicted molar refractivity (Wildman–Crippen MR) is 92.1 cm³/mol. The van der Waals surface area contributed by atoms with Gasteiger partial charge in [-0.25, -0.2) is 0 Å². The monoisotopic (exact) mass is 334 g/mol. The fourth-order valence-corrected chi connectivity index (χ4v) is 1.60. The van der Waals surface area contributed by atoms with E-state index >= 15 is 0 Å². The number of hydrogen-bond donors (Lipinski definition) is 5. The van der Waals surface area contributed by atoms with Gasteiger partial charge in [0.15, 0.2) is 0 Å². The largest absolute Gasteiger partial charge is 0.481 e. The van der Waals surface area contributed by atoms with E-state index in [1.54, 1.807) is 14.1 Å². The molecule has 0 bridgehead atoms. The van der Waals surface area contributed by atoms with Crippen molar-refractivity contribution in [3.05, 3.63) is 0 Å². The molecule has 0 unspecified atom stereocenters. The smallest absolute Gasteiger partial charge is 0.300 e.